The SMILES string of the molecule is CC(C)CCCC(=O)NC(=O)NCCSSCC(=O)NC(=O)NC1CCCC1. The third-order valence-corrected chi connectivity index (χ3v) is 6.40. The van der Waals surface area contributed by atoms with E-state index in [1.807, 2.05) is 0 Å². The van der Waals surface area contributed by atoms with E-state index >= 15 is 0 Å². The molecule has 1 saturated carbocycles. The maximum atomic E-state index is 11.7. The van der Waals surface area contributed by atoms with Gasteiger partial charge in [0.2, 0.25) is 11.8 Å². The van der Waals surface area contributed by atoms with Crippen LogP contribution in [0.1, 0.15) is 58.8 Å². The lowest BCUT2D eigenvalue weighted by Crippen LogP contribution is -2.44. The minimum absolute atomic E-state index is 0.156. The van der Waals surface area contributed by atoms with E-state index in [-0.39, 0.29) is 23.6 Å². The summed E-state index contributed by atoms with van der Waals surface area (Å²) in [5.74, 6) is 0.670. The second-order valence-electron chi connectivity index (χ2n) is 7.18. The fraction of sp³-hybridized carbons (Fsp3) is 0.778. The highest BCUT2D eigenvalue weighted by molar-refractivity contribution is 8.76. The van der Waals surface area contributed by atoms with Crippen LogP contribution in [0.25, 0.3) is 0 Å². The van der Waals surface area contributed by atoms with Gasteiger partial charge in [-0.2, -0.15) is 0 Å². The molecule has 0 atom stereocenters. The van der Waals surface area contributed by atoms with Gasteiger partial charge in [0.1, 0.15) is 0 Å². The van der Waals surface area contributed by atoms with Gasteiger partial charge in [0, 0.05) is 24.8 Å². The third kappa shape index (κ3) is 12.9. The Kier molecular flexibility index (Phi) is 12.8. The van der Waals surface area contributed by atoms with Crippen molar-refractivity contribution in [2.45, 2.75) is 64.8 Å². The molecule has 6 amide bonds. The zero-order valence-electron chi connectivity index (χ0n) is 16.7. The summed E-state index contributed by atoms with van der Waals surface area (Å²) in [5, 5.41) is 10.0. The monoisotopic (exact) mass is 432 g/mol. The molecular formula is C18H32N4O4S2. The van der Waals surface area contributed by atoms with Gasteiger partial charge in [-0.3, -0.25) is 20.2 Å². The first-order chi connectivity index (χ1) is 13.4. The van der Waals surface area contributed by atoms with E-state index in [4.69, 9.17) is 0 Å². The Morgan fingerprint density at radius 3 is 2.32 bits per heavy atom. The number of rotatable bonds is 11. The van der Waals surface area contributed by atoms with Gasteiger partial charge in [-0.15, -0.1) is 0 Å². The van der Waals surface area contributed by atoms with Gasteiger partial charge in [-0.05, 0) is 25.2 Å². The molecule has 0 unspecified atom stereocenters. The molecule has 160 valence electrons. The second kappa shape index (κ2) is 14.6. The first kappa shape index (κ1) is 24.6. The van der Waals surface area contributed by atoms with Crippen molar-refractivity contribution in [1.29, 1.82) is 0 Å². The molecule has 28 heavy (non-hydrogen) atoms. The van der Waals surface area contributed by atoms with Crippen LogP contribution < -0.4 is 21.3 Å². The number of carbonyl (C=O) groups is 4. The number of carbonyl (C=O) groups excluding carboxylic acids is 4. The summed E-state index contributed by atoms with van der Waals surface area (Å²) in [4.78, 5) is 46.5. The van der Waals surface area contributed by atoms with Crippen molar-refractivity contribution < 1.29 is 19.2 Å². The van der Waals surface area contributed by atoms with Crippen LogP contribution >= 0.6 is 21.6 Å². The average molecular weight is 433 g/mol. The molecule has 1 fully saturated rings. The Balaban J connectivity index is 1.97. The molecule has 0 spiro atoms. The summed E-state index contributed by atoms with van der Waals surface area (Å²) >= 11 is 0. The van der Waals surface area contributed by atoms with Crippen LogP contribution in [0.15, 0.2) is 0 Å². The Hall–Kier alpha value is -1.42. The number of amides is 6. The summed E-state index contributed by atoms with van der Waals surface area (Å²) in [5.41, 5.74) is 0. The average Bonchev–Trinajstić information content (AvgIpc) is 3.10. The summed E-state index contributed by atoms with van der Waals surface area (Å²) < 4.78 is 0. The van der Waals surface area contributed by atoms with Crippen molar-refractivity contribution >= 4 is 45.5 Å². The molecule has 1 aliphatic carbocycles. The van der Waals surface area contributed by atoms with Crippen LogP contribution in [0.4, 0.5) is 9.59 Å². The Morgan fingerprint density at radius 1 is 0.964 bits per heavy atom. The largest absolute Gasteiger partial charge is 0.337 e. The van der Waals surface area contributed by atoms with Gasteiger partial charge in [-0.1, -0.05) is 54.7 Å². The summed E-state index contributed by atoms with van der Waals surface area (Å²) in [6, 6.07) is -0.755. The highest BCUT2D eigenvalue weighted by Gasteiger charge is 2.18. The minimum Gasteiger partial charge on any atom is -0.337 e. The summed E-state index contributed by atoms with van der Waals surface area (Å²) in [6.07, 6.45) is 6.24. The quantitative estimate of drug-likeness (QED) is 0.295. The van der Waals surface area contributed by atoms with Crippen LogP contribution in [0.2, 0.25) is 0 Å². The van der Waals surface area contributed by atoms with Gasteiger partial charge in [-0.25, -0.2) is 9.59 Å². The van der Waals surface area contributed by atoms with Crippen LogP contribution in [-0.4, -0.2) is 48.0 Å². The molecule has 0 saturated heterocycles. The van der Waals surface area contributed by atoms with Crippen LogP contribution in [0.3, 0.4) is 0 Å². The Morgan fingerprint density at radius 2 is 1.64 bits per heavy atom. The predicted molar refractivity (Wildman–Crippen MR) is 114 cm³/mol. The first-order valence-corrected chi connectivity index (χ1v) is 12.3. The zero-order chi connectivity index (χ0) is 20.8. The number of hydrogen-bond acceptors (Lipinski definition) is 6. The van der Waals surface area contributed by atoms with E-state index < -0.39 is 12.1 Å². The van der Waals surface area contributed by atoms with Crippen molar-refractivity contribution in [2.24, 2.45) is 5.92 Å². The van der Waals surface area contributed by atoms with Gasteiger partial charge >= 0.3 is 12.1 Å². The van der Waals surface area contributed by atoms with Crippen LogP contribution in [0, 0.1) is 5.92 Å². The molecule has 0 heterocycles. The topological polar surface area (TPSA) is 116 Å². The van der Waals surface area contributed by atoms with Gasteiger partial charge in [0.25, 0.3) is 0 Å². The highest BCUT2D eigenvalue weighted by Crippen LogP contribution is 2.20. The standard InChI is InChI=1S/C18H32N4O4S2/c1-13(2)6-5-9-15(23)21-17(25)19-10-11-27-28-12-16(24)22-18(26)20-14-7-3-4-8-14/h13-14H,3-12H2,1-2H3,(H2,19,21,23,25)(H2,20,22,24,26). The van der Waals surface area contributed by atoms with E-state index in [1.54, 1.807) is 0 Å². The van der Waals surface area contributed by atoms with E-state index in [0.717, 1.165) is 38.5 Å². The van der Waals surface area contributed by atoms with Crippen molar-refractivity contribution in [3.05, 3.63) is 0 Å². The summed E-state index contributed by atoms with van der Waals surface area (Å²) in [7, 11) is 2.73. The fourth-order valence-electron chi connectivity index (χ4n) is 2.72. The molecule has 0 bridgehead atoms. The van der Waals surface area contributed by atoms with Crippen molar-refractivity contribution in [2.75, 3.05) is 18.1 Å². The molecule has 0 radical (unpaired) electrons. The Bertz CT molecular complexity index is 526. The molecule has 8 nitrogen and oxygen atoms in total. The third-order valence-electron chi connectivity index (χ3n) is 4.13. The van der Waals surface area contributed by atoms with Crippen molar-refractivity contribution in [3.63, 3.8) is 0 Å². The van der Waals surface area contributed by atoms with E-state index in [2.05, 4.69) is 35.1 Å². The fourth-order valence-corrected chi connectivity index (χ4v) is 4.46. The molecule has 10 heteroatoms. The maximum absolute atomic E-state index is 11.7. The second-order valence-corrected chi connectivity index (χ2v) is 9.76. The molecule has 0 aromatic rings. The predicted octanol–water partition coefficient (Wildman–Crippen LogP) is 2.79. The van der Waals surface area contributed by atoms with E-state index in [0.29, 0.717) is 24.6 Å². The number of imide groups is 2. The normalized spacial score (nSPS) is 14.0. The molecule has 0 aliphatic heterocycles. The molecule has 0 aromatic heterocycles. The zero-order valence-corrected chi connectivity index (χ0v) is 18.3. The van der Waals surface area contributed by atoms with Crippen LogP contribution in [0.5, 0.6) is 0 Å². The maximum Gasteiger partial charge on any atom is 0.321 e. The molecule has 0 aromatic carbocycles. The molecule has 1 rings (SSSR count). The molecular weight excluding hydrogens is 400 g/mol. The van der Waals surface area contributed by atoms with E-state index in [9.17, 15) is 19.2 Å². The molecule has 4 N–H and O–H groups in total. The van der Waals surface area contributed by atoms with Crippen LogP contribution in [-0.2, 0) is 9.59 Å². The molecule has 1 aliphatic rings. The number of urea groups is 2. The Labute approximate surface area is 174 Å². The van der Waals surface area contributed by atoms with E-state index in [1.165, 1.54) is 21.6 Å². The smallest absolute Gasteiger partial charge is 0.321 e. The lowest BCUT2D eigenvalue weighted by molar-refractivity contribution is -0.120. The van der Waals surface area contributed by atoms with Gasteiger partial charge in [0.15, 0.2) is 0 Å². The van der Waals surface area contributed by atoms with Gasteiger partial charge in [0.05, 0.1) is 5.75 Å². The number of nitrogens with one attached hydrogen (secondary N) is 4. The lowest BCUT2D eigenvalue weighted by Gasteiger charge is -2.12. The first-order valence-electron chi connectivity index (χ1n) is 9.79. The van der Waals surface area contributed by atoms with Crippen molar-refractivity contribution in [3.8, 4) is 0 Å². The van der Waals surface area contributed by atoms with Gasteiger partial charge < -0.3 is 10.6 Å². The summed E-state index contributed by atoms with van der Waals surface area (Å²) in [6.45, 7) is 4.57. The minimum atomic E-state index is -0.499. The number of hydrogen-bond donors (Lipinski definition) is 4. The van der Waals surface area contributed by atoms with Crippen molar-refractivity contribution in [1.82, 2.24) is 21.3 Å². The highest BCUT2D eigenvalue weighted by atomic mass is 33.1. The lowest BCUT2D eigenvalue weighted by atomic mass is 10.1.